The van der Waals surface area contributed by atoms with E-state index in [1.54, 1.807) is 18.2 Å². The van der Waals surface area contributed by atoms with Crippen LogP contribution in [0.1, 0.15) is 41.2 Å². The van der Waals surface area contributed by atoms with E-state index in [-0.39, 0.29) is 6.04 Å². The number of carbonyl (C=O) groups is 1. The van der Waals surface area contributed by atoms with Crippen LogP contribution in [-0.2, 0) is 17.6 Å². The van der Waals surface area contributed by atoms with Crippen LogP contribution >= 0.6 is 11.6 Å². The van der Waals surface area contributed by atoms with Gasteiger partial charge < -0.3 is 15.5 Å². The monoisotopic (exact) mass is 385 g/mol. The van der Waals surface area contributed by atoms with E-state index in [9.17, 15) is 9.90 Å². The number of nitrogens with one attached hydrogen (secondary N) is 1. The molecule has 0 saturated heterocycles. The largest absolute Gasteiger partial charge is 0.478 e. The summed E-state index contributed by atoms with van der Waals surface area (Å²) in [5.74, 6) is -0.945. The first kappa shape index (κ1) is 19.6. The molecular formula is C22H24ClNO3. The summed E-state index contributed by atoms with van der Waals surface area (Å²) in [6.07, 6.45) is 6.20. The van der Waals surface area contributed by atoms with Crippen molar-refractivity contribution in [2.75, 3.05) is 6.54 Å². The molecule has 0 saturated carbocycles. The lowest BCUT2D eigenvalue weighted by molar-refractivity contribution is -0.131. The topological polar surface area (TPSA) is 69.6 Å². The Hall–Kier alpha value is -2.14. The average Bonchev–Trinajstić information content (AvgIpc) is 2.85. The van der Waals surface area contributed by atoms with Gasteiger partial charge in [0.15, 0.2) is 0 Å². The summed E-state index contributed by atoms with van der Waals surface area (Å²) in [6, 6.07) is 13.7. The number of hydrogen-bond acceptors (Lipinski definition) is 3. The van der Waals surface area contributed by atoms with Crippen LogP contribution in [0.4, 0.5) is 0 Å². The van der Waals surface area contributed by atoms with Gasteiger partial charge >= 0.3 is 5.97 Å². The molecule has 0 heterocycles. The Labute approximate surface area is 164 Å². The average molecular weight is 386 g/mol. The van der Waals surface area contributed by atoms with E-state index >= 15 is 0 Å². The number of carboxylic acid groups (broad SMARTS) is 1. The fourth-order valence-corrected chi connectivity index (χ4v) is 3.74. The quantitative estimate of drug-likeness (QED) is 0.519. The molecular weight excluding hydrogens is 362 g/mol. The second-order valence-corrected chi connectivity index (χ2v) is 7.41. The number of aliphatic hydroxyl groups excluding tert-OH is 1. The summed E-state index contributed by atoms with van der Waals surface area (Å²) in [6.45, 7) is 0.471. The zero-order chi connectivity index (χ0) is 19.2. The zero-order valence-corrected chi connectivity index (χ0v) is 15.8. The Morgan fingerprint density at radius 1 is 1.26 bits per heavy atom. The molecule has 1 aliphatic rings. The van der Waals surface area contributed by atoms with Gasteiger partial charge in [0.2, 0.25) is 0 Å². The van der Waals surface area contributed by atoms with E-state index < -0.39 is 12.1 Å². The first-order chi connectivity index (χ1) is 13.0. The van der Waals surface area contributed by atoms with E-state index in [2.05, 4.69) is 17.4 Å². The van der Waals surface area contributed by atoms with Crippen molar-refractivity contribution in [3.63, 3.8) is 0 Å². The minimum atomic E-state index is -0.945. The molecule has 3 N–H and O–H groups in total. The summed E-state index contributed by atoms with van der Waals surface area (Å²) in [5, 5.41) is 23.3. The number of rotatable bonds is 6. The molecule has 0 aliphatic heterocycles. The second kappa shape index (κ2) is 9.18. The molecule has 1 unspecified atom stereocenters. The number of aliphatic hydroxyl groups is 1. The molecule has 142 valence electrons. The third kappa shape index (κ3) is 5.67. The number of benzene rings is 2. The van der Waals surface area contributed by atoms with Crippen molar-refractivity contribution in [1.82, 2.24) is 5.32 Å². The van der Waals surface area contributed by atoms with Crippen LogP contribution in [0.5, 0.6) is 0 Å². The molecule has 0 spiro atoms. The molecule has 5 heteroatoms. The summed E-state index contributed by atoms with van der Waals surface area (Å²) >= 11 is 6.00. The molecule has 0 aromatic heterocycles. The lowest BCUT2D eigenvalue weighted by atomic mass is 9.98. The van der Waals surface area contributed by atoms with Crippen molar-refractivity contribution >= 4 is 23.6 Å². The summed E-state index contributed by atoms with van der Waals surface area (Å²) in [5.41, 5.74) is 4.28. The summed E-state index contributed by atoms with van der Waals surface area (Å²) < 4.78 is 0. The molecule has 0 radical (unpaired) electrons. The Balaban J connectivity index is 1.65. The number of carboxylic acids is 1. The predicted molar refractivity (Wildman–Crippen MR) is 108 cm³/mol. The van der Waals surface area contributed by atoms with Crippen LogP contribution in [-0.4, -0.2) is 28.8 Å². The van der Waals surface area contributed by atoms with Crippen LogP contribution in [0.25, 0.3) is 6.08 Å². The van der Waals surface area contributed by atoms with Crippen molar-refractivity contribution in [2.24, 2.45) is 0 Å². The highest BCUT2D eigenvalue weighted by Crippen LogP contribution is 2.24. The number of fused-ring (bicyclic) bond motifs is 1. The summed E-state index contributed by atoms with van der Waals surface area (Å²) in [4.78, 5) is 10.7. The van der Waals surface area contributed by atoms with Crippen LogP contribution < -0.4 is 5.32 Å². The van der Waals surface area contributed by atoms with Gasteiger partial charge in [0.25, 0.3) is 0 Å². The first-order valence-corrected chi connectivity index (χ1v) is 9.59. The summed E-state index contributed by atoms with van der Waals surface area (Å²) in [7, 11) is 0. The molecule has 0 amide bonds. The number of aliphatic carboxylic acids is 1. The molecule has 3 rings (SSSR count). The highest BCUT2D eigenvalue weighted by molar-refractivity contribution is 6.30. The van der Waals surface area contributed by atoms with Gasteiger partial charge in [-0.15, -0.1) is 0 Å². The normalized spacial score (nSPS) is 18.1. The van der Waals surface area contributed by atoms with E-state index in [1.165, 1.54) is 11.1 Å². The number of halogens is 1. The van der Waals surface area contributed by atoms with Gasteiger partial charge in [-0.1, -0.05) is 41.9 Å². The number of hydrogen-bond donors (Lipinski definition) is 3. The Morgan fingerprint density at radius 3 is 2.89 bits per heavy atom. The standard InChI is InChI=1S/C22H24ClNO3/c23-19-5-1-4-17(12-19)21(25)14-24-20-6-2-3-16-9-7-15(8-10-22(26)27)11-18(16)13-20/h1,4-5,7-12,20-21,24-25H,2-3,6,13-14H2,(H,26,27)/b10-8+/t20?,21-/m0/s1. The predicted octanol–water partition coefficient (Wildman–Crippen LogP) is 4.01. The Kier molecular flexibility index (Phi) is 6.67. The molecule has 2 aromatic rings. The van der Waals surface area contributed by atoms with Gasteiger partial charge in [0.1, 0.15) is 0 Å². The van der Waals surface area contributed by atoms with Gasteiger partial charge in [-0.3, -0.25) is 0 Å². The third-order valence-corrected chi connectivity index (χ3v) is 5.18. The van der Waals surface area contributed by atoms with Gasteiger partial charge in [-0.25, -0.2) is 4.79 Å². The molecule has 27 heavy (non-hydrogen) atoms. The van der Waals surface area contributed by atoms with Gasteiger partial charge in [-0.2, -0.15) is 0 Å². The zero-order valence-electron chi connectivity index (χ0n) is 15.1. The van der Waals surface area contributed by atoms with E-state index in [4.69, 9.17) is 16.7 Å². The minimum absolute atomic E-state index is 0.277. The van der Waals surface area contributed by atoms with Crippen LogP contribution in [0, 0.1) is 0 Å². The minimum Gasteiger partial charge on any atom is -0.478 e. The molecule has 2 atom stereocenters. The first-order valence-electron chi connectivity index (χ1n) is 9.21. The Bertz CT molecular complexity index is 834. The van der Waals surface area contributed by atoms with Crippen LogP contribution in [0.3, 0.4) is 0 Å². The third-order valence-electron chi connectivity index (χ3n) is 4.95. The van der Waals surface area contributed by atoms with E-state index in [0.29, 0.717) is 11.6 Å². The van der Waals surface area contributed by atoms with Gasteiger partial charge in [0.05, 0.1) is 6.10 Å². The van der Waals surface area contributed by atoms with Crippen molar-refractivity contribution in [3.05, 3.63) is 75.8 Å². The van der Waals surface area contributed by atoms with Crippen molar-refractivity contribution in [1.29, 1.82) is 0 Å². The molecule has 2 aromatic carbocycles. The fourth-order valence-electron chi connectivity index (χ4n) is 3.54. The molecule has 0 bridgehead atoms. The maximum Gasteiger partial charge on any atom is 0.328 e. The Morgan fingerprint density at radius 2 is 2.11 bits per heavy atom. The van der Waals surface area contributed by atoms with Gasteiger partial charge in [0, 0.05) is 23.7 Å². The molecule has 1 aliphatic carbocycles. The number of aryl methyl sites for hydroxylation is 1. The van der Waals surface area contributed by atoms with E-state index in [0.717, 1.165) is 42.9 Å². The van der Waals surface area contributed by atoms with E-state index in [1.807, 2.05) is 18.2 Å². The maximum atomic E-state index is 10.7. The van der Waals surface area contributed by atoms with Crippen molar-refractivity contribution in [3.8, 4) is 0 Å². The van der Waals surface area contributed by atoms with Crippen LogP contribution in [0.2, 0.25) is 5.02 Å². The fraction of sp³-hybridized carbons (Fsp3) is 0.318. The lowest BCUT2D eigenvalue weighted by Crippen LogP contribution is -2.34. The van der Waals surface area contributed by atoms with Gasteiger partial charge in [-0.05, 0) is 66.1 Å². The highest BCUT2D eigenvalue weighted by Gasteiger charge is 2.18. The molecule has 0 fully saturated rings. The highest BCUT2D eigenvalue weighted by atomic mass is 35.5. The lowest BCUT2D eigenvalue weighted by Gasteiger charge is -2.20. The maximum absolute atomic E-state index is 10.7. The van der Waals surface area contributed by atoms with Crippen molar-refractivity contribution < 1.29 is 15.0 Å². The van der Waals surface area contributed by atoms with Crippen LogP contribution in [0.15, 0.2) is 48.5 Å². The smallest absolute Gasteiger partial charge is 0.328 e. The second-order valence-electron chi connectivity index (χ2n) is 6.97. The SMILES string of the molecule is O=C(O)/C=C/c1ccc2c(c1)CC(NC[C@H](O)c1cccc(Cl)c1)CCC2. The molecule has 4 nitrogen and oxygen atoms in total. The van der Waals surface area contributed by atoms with Crippen molar-refractivity contribution in [2.45, 2.75) is 37.8 Å².